The number of hydrogen-bond acceptors (Lipinski definition) is 2. The molecule has 0 radical (unpaired) electrons. The molecule has 3 nitrogen and oxygen atoms in total. The Bertz CT molecular complexity index is 698. The molecule has 24 heavy (non-hydrogen) atoms. The lowest BCUT2D eigenvalue weighted by Crippen LogP contribution is -2.45. The number of nitrogens with one attached hydrogen (secondary N) is 2. The minimum atomic E-state index is -0.131. The molecule has 2 aromatic carbocycles. The van der Waals surface area contributed by atoms with Crippen molar-refractivity contribution in [2.24, 2.45) is 0 Å². The summed E-state index contributed by atoms with van der Waals surface area (Å²) in [5.41, 5.74) is 2.04. The zero-order valence-electron chi connectivity index (χ0n) is 14.2. The lowest BCUT2D eigenvalue weighted by molar-refractivity contribution is 0.0256. The van der Waals surface area contributed by atoms with Crippen LogP contribution in [-0.4, -0.2) is 10.7 Å². The van der Waals surface area contributed by atoms with Gasteiger partial charge in [-0.25, -0.2) is 0 Å². The van der Waals surface area contributed by atoms with Gasteiger partial charge in [-0.1, -0.05) is 50.2 Å². The first-order valence-corrected chi connectivity index (χ1v) is 8.97. The Labute approximate surface area is 149 Å². The van der Waals surface area contributed by atoms with E-state index in [2.05, 4.69) is 42.7 Å². The van der Waals surface area contributed by atoms with Crippen LogP contribution in [0.4, 0.5) is 5.69 Å². The second kappa shape index (κ2) is 7.22. The third kappa shape index (κ3) is 3.54. The summed E-state index contributed by atoms with van der Waals surface area (Å²) in [5, 5.41) is 7.39. The van der Waals surface area contributed by atoms with Crippen LogP contribution in [0, 0.1) is 0 Å². The molecule has 2 aromatic rings. The van der Waals surface area contributed by atoms with Crippen molar-refractivity contribution < 1.29 is 4.74 Å². The molecule has 0 saturated carbocycles. The molecular weight excluding hydrogens is 316 g/mol. The van der Waals surface area contributed by atoms with Crippen molar-refractivity contribution in [1.29, 1.82) is 0 Å². The summed E-state index contributed by atoms with van der Waals surface area (Å²) in [6.45, 7) is 4.38. The Balaban J connectivity index is 1.79. The van der Waals surface area contributed by atoms with Crippen LogP contribution in [0.2, 0.25) is 0 Å². The van der Waals surface area contributed by atoms with Gasteiger partial charge in [0.05, 0.1) is 6.04 Å². The maximum atomic E-state index is 6.34. The molecule has 2 N–H and O–H groups in total. The van der Waals surface area contributed by atoms with E-state index in [1.54, 1.807) is 0 Å². The van der Waals surface area contributed by atoms with Crippen LogP contribution in [0.3, 0.4) is 0 Å². The first-order valence-electron chi connectivity index (χ1n) is 8.56. The Kier molecular flexibility index (Phi) is 5.05. The zero-order valence-corrected chi connectivity index (χ0v) is 15.0. The molecule has 1 atom stereocenters. The highest BCUT2D eigenvalue weighted by Gasteiger charge is 2.38. The SMILES string of the molecule is CCC1(CC)CC(NC(=S)Nc2ccccc2)c2ccccc2O1. The van der Waals surface area contributed by atoms with Gasteiger partial charge in [0.2, 0.25) is 0 Å². The Morgan fingerprint density at radius 3 is 2.46 bits per heavy atom. The van der Waals surface area contributed by atoms with Crippen LogP contribution >= 0.6 is 12.2 Å². The predicted octanol–water partition coefficient (Wildman–Crippen LogP) is 5.06. The van der Waals surface area contributed by atoms with E-state index in [9.17, 15) is 0 Å². The van der Waals surface area contributed by atoms with Crippen molar-refractivity contribution >= 4 is 23.0 Å². The summed E-state index contributed by atoms with van der Waals surface area (Å²) in [4.78, 5) is 0. The second-order valence-electron chi connectivity index (χ2n) is 6.25. The minimum absolute atomic E-state index is 0.131. The molecule has 0 bridgehead atoms. The van der Waals surface area contributed by atoms with Crippen molar-refractivity contribution in [2.45, 2.75) is 44.8 Å². The predicted molar refractivity (Wildman–Crippen MR) is 104 cm³/mol. The van der Waals surface area contributed by atoms with Crippen LogP contribution < -0.4 is 15.4 Å². The number of benzene rings is 2. The van der Waals surface area contributed by atoms with E-state index in [0.29, 0.717) is 5.11 Å². The highest BCUT2D eigenvalue weighted by atomic mass is 32.1. The first kappa shape index (κ1) is 16.8. The van der Waals surface area contributed by atoms with Gasteiger partial charge in [-0.3, -0.25) is 0 Å². The summed E-state index contributed by atoms with van der Waals surface area (Å²) in [7, 11) is 0. The number of ether oxygens (including phenoxy) is 1. The summed E-state index contributed by atoms with van der Waals surface area (Å²) < 4.78 is 6.34. The van der Waals surface area contributed by atoms with E-state index in [1.165, 1.54) is 5.56 Å². The van der Waals surface area contributed by atoms with Crippen molar-refractivity contribution in [1.82, 2.24) is 5.32 Å². The van der Waals surface area contributed by atoms with Crippen LogP contribution in [0.1, 0.15) is 44.7 Å². The molecule has 0 amide bonds. The fraction of sp³-hybridized carbons (Fsp3) is 0.350. The van der Waals surface area contributed by atoms with Gasteiger partial charge < -0.3 is 15.4 Å². The number of hydrogen-bond donors (Lipinski definition) is 2. The monoisotopic (exact) mass is 340 g/mol. The fourth-order valence-corrected chi connectivity index (χ4v) is 3.54. The summed E-state index contributed by atoms with van der Waals surface area (Å²) >= 11 is 5.53. The van der Waals surface area contributed by atoms with E-state index >= 15 is 0 Å². The smallest absolute Gasteiger partial charge is 0.171 e. The van der Waals surface area contributed by atoms with Crippen LogP contribution in [0.5, 0.6) is 5.75 Å². The maximum Gasteiger partial charge on any atom is 0.171 e. The van der Waals surface area contributed by atoms with Crippen molar-refractivity contribution in [3.63, 3.8) is 0 Å². The standard InChI is InChI=1S/C20H24N2OS/c1-3-20(4-2)14-17(16-12-8-9-13-18(16)23-20)22-19(24)21-15-10-6-5-7-11-15/h5-13,17H,3-4,14H2,1-2H3,(H2,21,22,24). The molecule has 1 unspecified atom stereocenters. The Morgan fingerprint density at radius 1 is 1.08 bits per heavy atom. The highest BCUT2D eigenvalue weighted by molar-refractivity contribution is 7.80. The van der Waals surface area contributed by atoms with Gasteiger partial charge in [0.15, 0.2) is 5.11 Å². The van der Waals surface area contributed by atoms with Crippen LogP contribution in [0.25, 0.3) is 0 Å². The van der Waals surface area contributed by atoms with Crippen molar-refractivity contribution in [3.8, 4) is 5.75 Å². The van der Waals surface area contributed by atoms with E-state index in [1.807, 2.05) is 36.4 Å². The molecule has 0 saturated heterocycles. The molecule has 0 fully saturated rings. The van der Waals surface area contributed by atoms with E-state index in [-0.39, 0.29) is 11.6 Å². The van der Waals surface area contributed by atoms with Gasteiger partial charge in [0.1, 0.15) is 11.4 Å². The average molecular weight is 340 g/mol. The fourth-order valence-electron chi connectivity index (χ4n) is 3.28. The average Bonchev–Trinajstić information content (AvgIpc) is 2.62. The highest BCUT2D eigenvalue weighted by Crippen LogP contribution is 2.42. The lowest BCUT2D eigenvalue weighted by Gasteiger charge is -2.42. The molecule has 1 heterocycles. The summed E-state index contributed by atoms with van der Waals surface area (Å²) in [6, 6.07) is 18.4. The molecule has 126 valence electrons. The third-order valence-electron chi connectivity index (χ3n) is 4.82. The molecule has 3 rings (SSSR count). The largest absolute Gasteiger partial charge is 0.487 e. The molecule has 0 aliphatic carbocycles. The van der Waals surface area contributed by atoms with Gasteiger partial charge in [0.25, 0.3) is 0 Å². The van der Waals surface area contributed by atoms with E-state index in [0.717, 1.165) is 30.7 Å². The van der Waals surface area contributed by atoms with Gasteiger partial charge in [-0.15, -0.1) is 0 Å². The maximum absolute atomic E-state index is 6.34. The van der Waals surface area contributed by atoms with Gasteiger partial charge >= 0.3 is 0 Å². The number of thiocarbonyl (C=S) groups is 1. The number of fused-ring (bicyclic) bond motifs is 1. The minimum Gasteiger partial charge on any atom is -0.487 e. The molecule has 1 aliphatic heterocycles. The van der Waals surface area contributed by atoms with Crippen LogP contribution in [-0.2, 0) is 0 Å². The molecule has 4 heteroatoms. The normalized spacial score (nSPS) is 18.2. The molecular formula is C20H24N2OS. The van der Waals surface area contributed by atoms with Crippen molar-refractivity contribution in [2.75, 3.05) is 5.32 Å². The number of rotatable bonds is 4. The molecule has 0 aromatic heterocycles. The summed E-state index contributed by atoms with van der Waals surface area (Å²) in [6.07, 6.45) is 2.87. The lowest BCUT2D eigenvalue weighted by atomic mass is 9.83. The van der Waals surface area contributed by atoms with Gasteiger partial charge in [0, 0.05) is 17.7 Å². The van der Waals surface area contributed by atoms with Crippen molar-refractivity contribution in [3.05, 3.63) is 60.2 Å². The zero-order chi connectivity index (χ0) is 17.0. The van der Waals surface area contributed by atoms with E-state index in [4.69, 9.17) is 17.0 Å². The van der Waals surface area contributed by atoms with Crippen LogP contribution in [0.15, 0.2) is 54.6 Å². The second-order valence-corrected chi connectivity index (χ2v) is 6.66. The quantitative estimate of drug-likeness (QED) is 0.763. The third-order valence-corrected chi connectivity index (χ3v) is 5.04. The van der Waals surface area contributed by atoms with Gasteiger partial charge in [-0.2, -0.15) is 0 Å². The Morgan fingerprint density at radius 2 is 1.75 bits per heavy atom. The number of anilines is 1. The topological polar surface area (TPSA) is 33.3 Å². The Hall–Kier alpha value is -2.07. The van der Waals surface area contributed by atoms with E-state index < -0.39 is 0 Å². The number of para-hydroxylation sites is 2. The molecule has 0 spiro atoms. The first-order chi connectivity index (χ1) is 11.7. The van der Waals surface area contributed by atoms with Gasteiger partial charge in [-0.05, 0) is 43.3 Å². The molecule has 1 aliphatic rings. The summed E-state index contributed by atoms with van der Waals surface area (Å²) in [5.74, 6) is 0.965.